The lowest BCUT2D eigenvalue weighted by Crippen LogP contribution is -2.48. The van der Waals surface area contributed by atoms with Gasteiger partial charge in [-0.15, -0.1) is 11.3 Å². The van der Waals surface area contributed by atoms with E-state index in [0.717, 1.165) is 9.83 Å². The third-order valence-electron chi connectivity index (χ3n) is 3.96. The SMILES string of the molecule is O=S(=O)(c1cccs1)N1CCN(c2nc3c(F)cccc3s2)CC1. The first-order chi connectivity index (χ1) is 11.6. The van der Waals surface area contributed by atoms with Crippen LogP contribution in [-0.4, -0.2) is 43.9 Å². The van der Waals surface area contributed by atoms with Crippen LogP contribution >= 0.6 is 22.7 Å². The number of fused-ring (bicyclic) bond motifs is 1. The zero-order valence-corrected chi connectivity index (χ0v) is 15.0. The number of rotatable bonds is 3. The van der Waals surface area contributed by atoms with Gasteiger partial charge in [0.15, 0.2) is 5.13 Å². The molecular weight excluding hydrogens is 369 g/mol. The fraction of sp³-hybridized carbons (Fsp3) is 0.267. The topological polar surface area (TPSA) is 53.5 Å². The van der Waals surface area contributed by atoms with Gasteiger partial charge in [-0.3, -0.25) is 0 Å². The van der Waals surface area contributed by atoms with Crippen LogP contribution in [0.25, 0.3) is 10.2 Å². The summed E-state index contributed by atoms with van der Waals surface area (Å²) in [5.41, 5.74) is 0.381. The van der Waals surface area contributed by atoms with Gasteiger partial charge >= 0.3 is 0 Å². The molecule has 3 aromatic rings. The van der Waals surface area contributed by atoms with Crippen molar-refractivity contribution in [3.63, 3.8) is 0 Å². The number of hydrogen-bond acceptors (Lipinski definition) is 6. The largest absolute Gasteiger partial charge is 0.345 e. The lowest BCUT2D eigenvalue weighted by Gasteiger charge is -2.33. The lowest BCUT2D eigenvalue weighted by atomic mass is 10.3. The molecule has 0 atom stereocenters. The van der Waals surface area contributed by atoms with E-state index in [2.05, 4.69) is 4.98 Å². The summed E-state index contributed by atoms with van der Waals surface area (Å²) in [6.45, 7) is 1.90. The predicted molar refractivity (Wildman–Crippen MR) is 94.9 cm³/mol. The normalized spacial score (nSPS) is 16.8. The van der Waals surface area contributed by atoms with Crippen molar-refractivity contribution in [3.8, 4) is 0 Å². The lowest BCUT2D eigenvalue weighted by molar-refractivity contribution is 0.386. The zero-order chi connectivity index (χ0) is 16.7. The van der Waals surface area contributed by atoms with Crippen LogP contribution in [0.15, 0.2) is 39.9 Å². The Morgan fingerprint density at radius 2 is 1.88 bits per heavy atom. The highest BCUT2D eigenvalue weighted by Crippen LogP contribution is 2.31. The molecule has 5 nitrogen and oxygen atoms in total. The standard InChI is InChI=1S/C15H14FN3O2S3/c16-11-3-1-4-12-14(11)17-15(23-12)18-6-8-19(9-7-18)24(20,21)13-5-2-10-22-13/h1-5,10H,6-9H2. The summed E-state index contributed by atoms with van der Waals surface area (Å²) in [5, 5.41) is 2.50. The second kappa shape index (κ2) is 6.07. The average Bonchev–Trinajstić information content (AvgIpc) is 3.25. The van der Waals surface area contributed by atoms with Crippen LogP contribution in [-0.2, 0) is 10.0 Å². The first kappa shape index (κ1) is 15.9. The molecule has 0 aliphatic carbocycles. The molecule has 0 saturated carbocycles. The number of hydrogen-bond donors (Lipinski definition) is 0. The summed E-state index contributed by atoms with van der Waals surface area (Å²) in [6, 6.07) is 8.28. The summed E-state index contributed by atoms with van der Waals surface area (Å²) < 4.78 is 41.5. The molecule has 1 fully saturated rings. The molecule has 1 saturated heterocycles. The van der Waals surface area contributed by atoms with Gasteiger partial charge in [0.05, 0.1) is 4.70 Å². The highest BCUT2D eigenvalue weighted by Gasteiger charge is 2.30. The quantitative estimate of drug-likeness (QED) is 0.698. The Bertz CT molecular complexity index is 961. The van der Waals surface area contributed by atoms with Gasteiger partial charge in [0.2, 0.25) is 0 Å². The van der Waals surface area contributed by atoms with Crippen molar-refractivity contribution in [2.24, 2.45) is 0 Å². The Morgan fingerprint density at radius 1 is 1.08 bits per heavy atom. The van der Waals surface area contributed by atoms with Gasteiger partial charge in [0.25, 0.3) is 10.0 Å². The summed E-state index contributed by atoms with van der Waals surface area (Å²) >= 11 is 2.66. The molecule has 126 valence electrons. The van der Waals surface area contributed by atoms with E-state index in [9.17, 15) is 12.8 Å². The number of nitrogens with zero attached hydrogens (tertiary/aromatic N) is 3. The first-order valence-corrected chi connectivity index (χ1v) is 10.5. The van der Waals surface area contributed by atoms with E-state index in [1.54, 1.807) is 23.6 Å². The highest BCUT2D eigenvalue weighted by molar-refractivity contribution is 7.91. The Labute approximate surface area is 147 Å². The molecule has 0 bridgehead atoms. The molecule has 9 heteroatoms. The van der Waals surface area contributed by atoms with Crippen molar-refractivity contribution in [3.05, 3.63) is 41.5 Å². The van der Waals surface area contributed by atoms with Crippen molar-refractivity contribution in [1.82, 2.24) is 9.29 Å². The molecule has 0 unspecified atom stereocenters. The van der Waals surface area contributed by atoms with Crippen LogP contribution in [0, 0.1) is 5.82 Å². The molecular formula is C15H14FN3O2S3. The Kier molecular flexibility index (Phi) is 4.03. The number of thiophene rings is 1. The van der Waals surface area contributed by atoms with Crippen LogP contribution in [0.4, 0.5) is 9.52 Å². The maximum atomic E-state index is 13.8. The summed E-state index contributed by atoms with van der Waals surface area (Å²) in [6.07, 6.45) is 0. The number of thiazole rings is 1. The molecule has 1 aliphatic rings. The molecule has 1 aromatic carbocycles. The van der Waals surface area contributed by atoms with E-state index in [-0.39, 0.29) is 5.82 Å². The zero-order valence-electron chi connectivity index (χ0n) is 12.6. The summed E-state index contributed by atoms with van der Waals surface area (Å²) in [5.74, 6) is -0.325. The van der Waals surface area contributed by atoms with Crippen molar-refractivity contribution >= 4 is 48.0 Å². The van der Waals surface area contributed by atoms with Crippen LogP contribution in [0.1, 0.15) is 0 Å². The number of halogens is 1. The minimum absolute atomic E-state index is 0.325. The number of sulfonamides is 1. The van der Waals surface area contributed by atoms with Gasteiger partial charge in [-0.1, -0.05) is 23.5 Å². The van der Waals surface area contributed by atoms with Gasteiger partial charge in [0, 0.05) is 26.2 Å². The van der Waals surface area contributed by atoms with Gasteiger partial charge in [0.1, 0.15) is 15.5 Å². The smallest absolute Gasteiger partial charge is 0.252 e. The highest BCUT2D eigenvalue weighted by atomic mass is 32.2. The van der Waals surface area contributed by atoms with Crippen molar-refractivity contribution in [2.75, 3.05) is 31.1 Å². The van der Waals surface area contributed by atoms with Crippen molar-refractivity contribution < 1.29 is 12.8 Å². The van der Waals surface area contributed by atoms with Crippen molar-refractivity contribution in [2.45, 2.75) is 4.21 Å². The van der Waals surface area contributed by atoms with Crippen LogP contribution < -0.4 is 4.90 Å². The van der Waals surface area contributed by atoms with Gasteiger partial charge in [-0.25, -0.2) is 17.8 Å². The van der Waals surface area contributed by atoms with E-state index in [0.29, 0.717) is 35.9 Å². The number of piperazine rings is 1. The molecule has 24 heavy (non-hydrogen) atoms. The molecule has 0 amide bonds. The predicted octanol–water partition coefficient (Wildman–Crippen LogP) is 3.01. The van der Waals surface area contributed by atoms with E-state index >= 15 is 0 Å². The van der Waals surface area contributed by atoms with E-state index in [1.807, 2.05) is 11.0 Å². The minimum Gasteiger partial charge on any atom is -0.345 e. The molecule has 4 rings (SSSR count). The van der Waals surface area contributed by atoms with Crippen LogP contribution in [0.2, 0.25) is 0 Å². The molecule has 3 heterocycles. The van der Waals surface area contributed by atoms with E-state index in [4.69, 9.17) is 0 Å². The summed E-state index contributed by atoms with van der Waals surface area (Å²) in [7, 11) is -3.41. The Hall–Kier alpha value is -1.55. The Morgan fingerprint density at radius 3 is 2.54 bits per heavy atom. The van der Waals surface area contributed by atoms with Crippen LogP contribution in [0.3, 0.4) is 0 Å². The maximum absolute atomic E-state index is 13.8. The number of benzene rings is 1. The number of anilines is 1. The second-order valence-electron chi connectivity index (χ2n) is 5.41. The fourth-order valence-electron chi connectivity index (χ4n) is 2.70. The van der Waals surface area contributed by atoms with E-state index < -0.39 is 10.0 Å². The van der Waals surface area contributed by atoms with Gasteiger partial charge in [-0.05, 0) is 23.6 Å². The van der Waals surface area contributed by atoms with Crippen molar-refractivity contribution in [1.29, 1.82) is 0 Å². The second-order valence-corrected chi connectivity index (χ2v) is 9.53. The van der Waals surface area contributed by atoms with E-state index in [1.165, 1.54) is 33.0 Å². The van der Waals surface area contributed by atoms with Gasteiger partial charge < -0.3 is 4.90 Å². The van der Waals surface area contributed by atoms with Gasteiger partial charge in [-0.2, -0.15) is 4.31 Å². The minimum atomic E-state index is -3.41. The maximum Gasteiger partial charge on any atom is 0.252 e. The monoisotopic (exact) mass is 383 g/mol. The summed E-state index contributed by atoms with van der Waals surface area (Å²) in [4.78, 5) is 6.39. The average molecular weight is 383 g/mol. The number of para-hydroxylation sites is 1. The third-order valence-corrected chi connectivity index (χ3v) is 8.31. The molecule has 1 aliphatic heterocycles. The fourth-order valence-corrected chi connectivity index (χ4v) is 6.29. The Balaban J connectivity index is 1.52. The third kappa shape index (κ3) is 2.71. The molecule has 2 aromatic heterocycles. The number of aromatic nitrogens is 1. The molecule has 0 radical (unpaired) electrons. The molecule has 0 N–H and O–H groups in total. The molecule has 0 spiro atoms. The first-order valence-electron chi connectivity index (χ1n) is 7.39. The van der Waals surface area contributed by atoms with Crippen LogP contribution in [0.5, 0.6) is 0 Å².